The fraction of sp³-hybridized carbons (Fsp3) is 0.875. The Kier molecular flexibility index (Phi) is 1.38. The summed E-state index contributed by atoms with van der Waals surface area (Å²) in [5, 5.41) is 8.93. The lowest BCUT2D eigenvalue weighted by atomic mass is 9.54. The molecule has 0 aromatic heterocycles. The predicted octanol–water partition coefficient (Wildman–Crippen LogP) is 2.17. The van der Waals surface area contributed by atoms with Gasteiger partial charge in [0.2, 0.25) is 0 Å². The van der Waals surface area contributed by atoms with Crippen molar-refractivity contribution >= 4 is 21.9 Å². The lowest BCUT2D eigenvalue weighted by Gasteiger charge is -2.55. The molecule has 3 fully saturated rings. The number of rotatable bonds is 1. The first-order chi connectivity index (χ1) is 5.06. The smallest absolute Gasteiger partial charge is 0.309 e. The van der Waals surface area contributed by atoms with Crippen LogP contribution < -0.4 is 0 Å². The molecule has 11 heavy (non-hydrogen) atoms. The molecule has 0 aliphatic heterocycles. The van der Waals surface area contributed by atoms with Gasteiger partial charge in [-0.1, -0.05) is 22.4 Å². The minimum absolute atomic E-state index is 0.198. The molecule has 0 spiro atoms. The zero-order chi connectivity index (χ0) is 8.11. The van der Waals surface area contributed by atoms with Gasteiger partial charge >= 0.3 is 5.97 Å². The number of carboxylic acid groups (broad SMARTS) is 1. The van der Waals surface area contributed by atoms with Crippen molar-refractivity contribution in [2.75, 3.05) is 0 Å². The summed E-state index contributed by atoms with van der Waals surface area (Å²) in [5.41, 5.74) is -0.345. The van der Waals surface area contributed by atoms with E-state index in [-0.39, 0.29) is 9.74 Å². The van der Waals surface area contributed by atoms with Gasteiger partial charge in [-0.05, 0) is 25.7 Å². The molecule has 0 atom stereocenters. The first-order valence-electron chi connectivity index (χ1n) is 3.99. The van der Waals surface area contributed by atoms with Crippen LogP contribution in [-0.2, 0) is 4.79 Å². The standard InChI is InChI=1S/C8H11BrO2/c9-8-3-1-2-7(4-8,5-8)6(10)11/h1-5H2,(H,10,11). The van der Waals surface area contributed by atoms with Crippen molar-refractivity contribution in [3.05, 3.63) is 0 Å². The Morgan fingerprint density at radius 3 is 2.36 bits per heavy atom. The summed E-state index contributed by atoms with van der Waals surface area (Å²) in [6.45, 7) is 0. The molecule has 3 saturated carbocycles. The van der Waals surface area contributed by atoms with Gasteiger partial charge < -0.3 is 5.11 Å². The van der Waals surface area contributed by atoms with Gasteiger partial charge in [0.1, 0.15) is 0 Å². The molecule has 0 unspecified atom stereocenters. The first kappa shape index (κ1) is 7.59. The third-order valence-electron chi connectivity index (χ3n) is 3.04. The van der Waals surface area contributed by atoms with Gasteiger partial charge in [0.05, 0.1) is 5.41 Å². The normalized spacial score (nSPS) is 48.1. The van der Waals surface area contributed by atoms with Crippen molar-refractivity contribution in [3.8, 4) is 0 Å². The van der Waals surface area contributed by atoms with Crippen LogP contribution >= 0.6 is 15.9 Å². The second-order valence-electron chi connectivity index (χ2n) is 3.94. The van der Waals surface area contributed by atoms with E-state index in [0.717, 1.165) is 32.1 Å². The Morgan fingerprint density at radius 1 is 1.36 bits per heavy atom. The Labute approximate surface area is 74.1 Å². The third kappa shape index (κ3) is 0.934. The average Bonchev–Trinajstić information content (AvgIpc) is 1.85. The molecule has 0 aromatic carbocycles. The lowest BCUT2D eigenvalue weighted by molar-refractivity contribution is -0.160. The second-order valence-corrected chi connectivity index (χ2v) is 5.63. The largest absolute Gasteiger partial charge is 0.481 e. The highest BCUT2D eigenvalue weighted by atomic mass is 79.9. The van der Waals surface area contributed by atoms with E-state index in [1.807, 2.05) is 0 Å². The van der Waals surface area contributed by atoms with Crippen molar-refractivity contribution in [1.29, 1.82) is 0 Å². The van der Waals surface area contributed by atoms with E-state index in [1.165, 1.54) is 0 Å². The summed E-state index contributed by atoms with van der Waals surface area (Å²) in [6.07, 6.45) is 4.79. The van der Waals surface area contributed by atoms with Gasteiger partial charge in [0.15, 0.2) is 0 Å². The number of aliphatic carboxylic acids is 1. The molecule has 0 amide bonds. The molecule has 62 valence electrons. The van der Waals surface area contributed by atoms with Crippen LogP contribution in [0.5, 0.6) is 0 Å². The van der Waals surface area contributed by atoms with Crippen LogP contribution in [-0.4, -0.2) is 15.4 Å². The summed E-state index contributed by atoms with van der Waals surface area (Å²) >= 11 is 3.60. The van der Waals surface area contributed by atoms with E-state index >= 15 is 0 Å². The Balaban J connectivity index is 2.16. The molecule has 0 aromatic rings. The maximum atomic E-state index is 10.8. The quantitative estimate of drug-likeness (QED) is 0.686. The SMILES string of the molecule is O=C(O)C12CCCC(Br)(C1)C2. The van der Waals surface area contributed by atoms with Gasteiger partial charge in [-0.3, -0.25) is 4.79 Å². The minimum atomic E-state index is -0.590. The highest BCUT2D eigenvalue weighted by molar-refractivity contribution is 9.10. The van der Waals surface area contributed by atoms with E-state index in [2.05, 4.69) is 15.9 Å². The van der Waals surface area contributed by atoms with Crippen molar-refractivity contribution in [2.24, 2.45) is 5.41 Å². The monoisotopic (exact) mass is 218 g/mol. The molecule has 3 rings (SSSR count). The van der Waals surface area contributed by atoms with E-state index in [1.54, 1.807) is 0 Å². The van der Waals surface area contributed by atoms with Crippen LogP contribution in [0.2, 0.25) is 0 Å². The van der Waals surface area contributed by atoms with E-state index in [0.29, 0.717) is 0 Å². The summed E-state index contributed by atoms with van der Waals surface area (Å²) < 4.78 is 0.198. The van der Waals surface area contributed by atoms with Crippen molar-refractivity contribution in [3.63, 3.8) is 0 Å². The van der Waals surface area contributed by atoms with Crippen LogP contribution in [0, 0.1) is 5.41 Å². The summed E-state index contributed by atoms with van der Waals surface area (Å²) in [5.74, 6) is -0.590. The number of hydrogen-bond donors (Lipinski definition) is 1. The van der Waals surface area contributed by atoms with Crippen molar-refractivity contribution in [2.45, 2.75) is 36.4 Å². The number of hydrogen-bond acceptors (Lipinski definition) is 1. The first-order valence-corrected chi connectivity index (χ1v) is 4.78. The zero-order valence-electron chi connectivity index (χ0n) is 6.27. The maximum Gasteiger partial charge on any atom is 0.309 e. The molecule has 1 N–H and O–H groups in total. The van der Waals surface area contributed by atoms with Gasteiger partial charge in [0, 0.05) is 4.32 Å². The Hall–Kier alpha value is -0.0500. The molecule has 2 nitrogen and oxygen atoms in total. The molecular weight excluding hydrogens is 208 g/mol. The number of halogens is 1. The number of carbonyl (C=O) groups is 1. The van der Waals surface area contributed by atoms with Gasteiger partial charge in [-0.25, -0.2) is 0 Å². The van der Waals surface area contributed by atoms with Crippen LogP contribution in [0.25, 0.3) is 0 Å². The lowest BCUT2D eigenvalue weighted by Crippen LogP contribution is -2.55. The topological polar surface area (TPSA) is 37.3 Å². The number of alkyl halides is 1. The molecule has 0 saturated heterocycles. The molecule has 0 radical (unpaired) electrons. The summed E-state index contributed by atoms with van der Waals surface area (Å²) in [6, 6.07) is 0. The fourth-order valence-corrected chi connectivity index (χ4v) is 3.87. The molecule has 0 heterocycles. The Bertz CT molecular complexity index is 206. The van der Waals surface area contributed by atoms with Crippen molar-refractivity contribution in [1.82, 2.24) is 0 Å². The van der Waals surface area contributed by atoms with Gasteiger partial charge in [-0.2, -0.15) is 0 Å². The third-order valence-corrected chi connectivity index (χ3v) is 4.00. The number of carboxylic acids is 1. The van der Waals surface area contributed by atoms with Crippen LogP contribution in [0.4, 0.5) is 0 Å². The molecule has 3 aliphatic carbocycles. The van der Waals surface area contributed by atoms with Gasteiger partial charge in [-0.15, -0.1) is 0 Å². The molecule has 3 aliphatic rings. The van der Waals surface area contributed by atoms with Crippen LogP contribution in [0.15, 0.2) is 0 Å². The average molecular weight is 219 g/mol. The van der Waals surface area contributed by atoms with Crippen LogP contribution in [0.1, 0.15) is 32.1 Å². The molecule has 2 bridgehead atoms. The number of fused-ring (bicyclic) bond motifs is 2. The Morgan fingerprint density at radius 2 is 2.00 bits per heavy atom. The van der Waals surface area contributed by atoms with Gasteiger partial charge in [0.25, 0.3) is 0 Å². The molecule has 3 heteroatoms. The van der Waals surface area contributed by atoms with E-state index in [9.17, 15) is 4.79 Å². The van der Waals surface area contributed by atoms with Crippen LogP contribution in [0.3, 0.4) is 0 Å². The maximum absolute atomic E-state index is 10.8. The predicted molar refractivity (Wildman–Crippen MR) is 44.8 cm³/mol. The van der Waals surface area contributed by atoms with Crippen molar-refractivity contribution < 1.29 is 9.90 Å². The minimum Gasteiger partial charge on any atom is -0.481 e. The van der Waals surface area contributed by atoms with E-state index in [4.69, 9.17) is 5.11 Å². The summed E-state index contributed by atoms with van der Waals surface area (Å²) in [7, 11) is 0. The second kappa shape index (κ2) is 2.00. The highest BCUT2D eigenvalue weighted by Gasteiger charge is 2.60. The summed E-state index contributed by atoms with van der Waals surface area (Å²) in [4.78, 5) is 10.8. The highest BCUT2D eigenvalue weighted by Crippen LogP contribution is 2.62. The zero-order valence-corrected chi connectivity index (χ0v) is 7.85. The fourth-order valence-electron chi connectivity index (χ4n) is 2.52. The molecular formula is C8H11BrO2. The van der Waals surface area contributed by atoms with E-state index < -0.39 is 5.97 Å².